The van der Waals surface area contributed by atoms with E-state index < -0.39 is 10.0 Å². The third kappa shape index (κ3) is 4.69. The van der Waals surface area contributed by atoms with Crippen molar-refractivity contribution in [1.82, 2.24) is 14.2 Å². The predicted octanol–water partition coefficient (Wildman–Crippen LogP) is 4.13. The van der Waals surface area contributed by atoms with Crippen molar-refractivity contribution < 1.29 is 13.2 Å². The minimum absolute atomic E-state index is 0.0571. The van der Waals surface area contributed by atoms with Crippen molar-refractivity contribution >= 4 is 42.6 Å². The molecule has 0 N–H and O–H groups in total. The molecule has 5 rings (SSSR count). The van der Waals surface area contributed by atoms with Crippen LogP contribution in [0.15, 0.2) is 47.4 Å². The van der Waals surface area contributed by atoms with Crippen LogP contribution < -0.4 is 4.90 Å². The van der Waals surface area contributed by atoms with E-state index in [1.54, 1.807) is 39.9 Å². The Balaban J connectivity index is 1.23. The Labute approximate surface area is 205 Å². The number of hydrogen-bond donors (Lipinski definition) is 0. The van der Waals surface area contributed by atoms with Crippen LogP contribution in [-0.4, -0.2) is 67.8 Å². The molecule has 9 heteroatoms. The van der Waals surface area contributed by atoms with E-state index in [1.807, 2.05) is 4.90 Å². The smallest absolute Gasteiger partial charge is 0.253 e. The van der Waals surface area contributed by atoms with Gasteiger partial charge in [0, 0.05) is 44.8 Å². The van der Waals surface area contributed by atoms with Crippen LogP contribution in [-0.2, 0) is 10.0 Å². The highest BCUT2D eigenvalue weighted by Gasteiger charge is 2.27. The normalized spacial score (nSPS) is 18.3. The van der Waals surface area contributed by atoms with Crippen molar-refractivity contribution in [2.45, 2.75) is 37.5 Å². The number of aromatic nitrogens is 1. The van der Waals surface area contributed by atoms with Crippen LogP contribution in [0.25, 0.3) is 10.2 Å². The zero-order valence-corrected chi connectivity index (χ0v) is 21.1. The molecule has 1 aromatic heterocycles. The second-order valence-electron chi connectivity index (χ2n) is 9.09. The average molecular weight is 499 g/mol. The number of hydrogen-bond acceptors (Lipinski definition) is 6. The molecule has 2 fully saturated rings. The lowest BCUT2D eigenvalue weighted by Gasteiger charge is -2.34. The number of carbonyl (C=O) groups excluding carboxylic acids is 1. The lowest BCUT2D eigenvalue weighted by atomic mass is 10.2. The zero-order valence-electron chi connectivity index (χ0n) is 19.4. The minimum atomic E-state index is -3.51. The van der Waals surface area contributed by atoms with Gasteiger partial charge in [-0.15, -0.1) is 0 Å². The molecule has 0 atom stereocenters. The fourth-order valence-corrected chi connectivity index (χ4v) is 7.27. The van der Waals surface area contributed by atoms with Gasteiger partial charge in [-0.1, -0.05) is 30.2 Å². The summed E-state index contributed by atoms with van der Waals surface area (Å²) in [6.45, 7) is 5.91. The first kappa shape index (κ1) is 23.3. The highest BCUT2D eigenvalue weighted by atomic mass is 32.2. The summed E-state index contributed by atoms with van der Waals surface area (Å²) >= 11 is 1.69. The fourth-order valence-electron chi connectivity index (χ4n) is 4.64. The zero-order chi connectivity index (χ0) is 23.7. The number of amides is 1. The summed E-state index contributed by atoms with van der Waals surface area (Å²) in [6.07, 6.45) is 3.95. The molecule has 2 saturated heterocycles. The van der Waals surface area contributed by atoms with Crippen molar-refractivity contribution in [3.8, 4) is 0 Å². The first-order valence-corrected chi connectivity index (χ1v) is 14.2. The van der Waals surface area contributed by atoms with Gasteiger partial charge < -0.3 is 9.80 Å². The summed E-state index contributed by atoms with van der Waals surface area (Å²) in [5, 5.41) is 0.996. The van der Waals surface area contributed by atoms with Gasteiger partial charge in [0.1, 0.15) is 0 Å². The molecule has 0 unspecified atom stereocenters. The number of rotatable bonds is 4. The Kier molecular flexibility index (Phi) is 6.59. The van der Waals surface area contributed by atoms with Gasteiger partial charge in [0.15, 0.2) is 5.13 Å². The van der Waals surface area contributed by atoms with Gasteiger partial charge >= 0.3 is 0 Å². The number of sulfonamides is 1. The van der Waals surface area contributed by atoms with Crippen LogP contribution in [0, 0.1) is 6.92 Å². The average Bonchev–Trinajstić information content (AvgIpc) is 3.07. The second kappa shape index (κ2) is 9.64. The van der Waals surface area contributed by atoms with E-state index in [-0.39, 0.29) is 10.8 Å². The number of benzene rings is 2. The molecule has 3 aromatic rings. The molecule has 34 heavy (non-hydrogen) atoms. The summed E-state index contributed by atoms with van der Waals surface area (Å²) < 4.78 is 28.8. The number of piperazine rings is 1. The highest BCUT2D eigenvalue weighted by Crippen LogP contribution is 2.30. The van der Waals surface area contributed by atoms with E-state index in [1.165, 1.54) is 10.3 Å². The van der Waals surface area contributed by atoms with Gasteiger partial charge in [0.2, 0.25) is 10.0 Å². The number of anilines is 1. The second-order valence-corrected chi connectivity index (χ2v) is 12.0. The number of thiazole rings is 1. The van der Waals surface area contributed by atoms with Crippen molar-refractivity contribution in [2.24, 2.45) is 0 Å². The summed E-state index contributed by atoms with van der Waals surface area (Å²) in [5.74, 6) is -0.0571. The summed E-state index contributed by atoms with van der Waals surface area (Å²) in [5.41, 5.74) is 2.77. The molecule has 2 aliphatic heterocycles. The molecule has 0 bridgehead atoms. The molecule has 2 aromatic carbocycles. The Morgan fingerprint density at radius 3 is 2.24 bits per heavy atom. The topological polar surface area (TPSA) is 73.8 Å². The summed E-state index contributed by atoms with van der Waals surface area (Å²) in [7, 11) is -3.51. The molecule has 0 radical (unpaired) electrons. The minimum Gasteiger partial charge on any atom is -0.345 e. The molecule has 7 nitrogen and oxygen atoms in total. The van der Waals surface area contributed by atoms with E-state index in [0.29, 0.717) is 31.7 Å². The number of aryl methyl sites for hydroxylation is 1. The maximum Gasteiger partial charge on any atom is 0.253 e. The monoisotopic (exact) mass is 498 g/mol. The largest absolute Gasteiger partial charge is 0.345 e. The van der Waals surface area contributed by atoms with Gasteiger partial charge in [-0.25, -0.2) is 13.4 Å². The molecular formula is C25H30N4O3S2. The molecule has 180 valence electrons. The van der Waals surface area contributed by atoms with Gasteiger partial charge in [-0.05, 0) is 61.7 Å². The SMILES string of the molecule is Cc1ccc2nc(N3CCN(C(=O)c4ccc(S(=O)(=O)N5CCCCCC5)cc4)CC3)sc2c1. The van der Waals surface area contributed by atoms with Gasteiger partial charge in [0.05, 0.1) is 15.1 Å². The van der Waals surface area contributed by atoms with Crippen LogP contribution >= 0.6 is 11.3 Å². The number of fused-ring (bicyclic) bond motifs is 1. The van der Waals surface area contributed by atoms with Crippen molar-refractivity contribution in [3.05, 3.63) is 53.6 Å². The van der Waals surface area contributed by atoms with Crippen LogP contribution in [0.1, 0.15) is 41.6 Å². The maximum absolute atomic E-state index is 13.1. The first-order chi connectivity index (χ1) is 16.4. The van der Waals surface area contributed by atoms with E-state index in [0.717, 1.165) is 49.4 Å². The molecule has 2 aliphatic rings. The van der Waals surface area contributed by atoms with Crippen molar-refractivity contribution in [2.75, 3.05) is 44.2 Å². The summed E-state index contributed by atoms with van der Waals surface area (Å²) in [4.78, 5) is 22.2. The third-order valence-electron chi connectivity index (χ3n) is 6.67. The fraction of sp³-hybridized carbons (Fsp3) is 0.440. The highest BCUT2D eigenvalue weighted by molar-refractivity contribution is 7.89. The van der Waals surface area contributed by atoms with Crippen molar-refractivity contribution in [1.29, 1.82) is 0 Å². The predicted molar refractivity (Wildman–Crippen MR) is 136 cm³/mol. The van der Waals surface area contributed by atoms with E-state index in [4.69, 9.17) is 4.98 Å². The molecule has 0 saturated carbocycles. The first-order valence-electron chi connectivity index (χ1n) is 11.9. The van der Waals surface area contributed by atoms with Gasteiger partial charge in [0.25, 0.3) is 5.91 Å². The Morgan fingerprint density at radius 2 is 1.56 bits per heavy atom. The molecule has 3 heterocycles. The Hall–Kier alpha value is -2.49. The van der Waals surface area contributed by atoms with Crippen LogP contribution in [0.4, 0.5) is 5.13 Å². The Morgan fingerprint density at radius 1 is 0.882 bits per heavy atom. The van der Waals surface area contributed by atoms with Gasteiger partial charge in [-0.3, -0.25) is 4.79 Å². The quantitative estimate of drug-likeness (QED) is 0.541. The molecule has 0 spiro atoms. The van der Waals surface area contributed by atoms with Crippen LogP contribution in [0.3, 0.4) is 0 Å². The van der Waals surface area contributed by atoms with E-state index in [2.05, 4.69) is 30.0 Å². The van der Waals surface area contributed by atoms with Crippen molar-refractivity contribution in [3.63, 3.8) is 0 Å². The van der Waals surface area contributed by atoms with E-state index in [9.17, 15) is 13.2 Å². The number of carbonyl (C=O) groups is 1. The third-order valence-corrected chi connectivity index (χ3v) is 9.67. The number of nitrogens with zero attached hydrogens (tertiary/aromatic N) is 4. The Bertz CT molecular complexity index is 1270. The standard InChI is InChI=1S/C25H30N4O3S2/c1-19-6-11-22-23(18-19)33-25(26-22)28-16-14-27(15-17-28)24(30)20-7-9-21(10-8-20)34(31,32)29-12-4-2-3-5-13-29/h6-11,18H,2-5,12-17H2,1H3. The molecule has 1 amide bonds. The summed E-state index contributed by atoms with van der Waals surface area (Å²) in [6, 6.07) is 12.7. The van der Waals surface area contributed by atoms with Crippen LogP contribution in [0.2, 0.25) is 0 Å². The lowest BCUT2D eigenvalue weighted by Crippen LogP contribution is -2.48. The molecule has 0 aliphatic carbocycles. The maximum atomic E-state index is 13.1. The lowest BCUT2D eigenvalue weighted by molar-refractivity contribution is 0.0746. The molecular weight excluding hydrogens is 468 g/mol. The van der Waals surface area contributed by atoms with Gasteiger partial charge in [-0.2, -0.15) is 4.31 Å². The van der Waals surface area contributed by atoms with Crippen LogP contribution in [0.5, 0.6) is 0 Å². The van der Waals surface area contributed by atoms with E-state index >= 15 is 0 Å².